The van der Waals surface area contributed by atoms with Gasteiger partial charge < -0.3 is 46.1 Å². The van der Waals surface area contributed by atoms with Crippen molar-refractivity contribution < 1.29 is 28.6 Å². The molecule has 0 fully saturated rings. The molecule has 0 atom stereocenters. The van der Waals surface area contributed by atoms with Crippen LogP contribution in [0.5, 0.6) is 0 Å². The summed E-state index contributed by atoms with van der Waals surface area (Å²) in [6.45, 7) is 13.4. The highest BCUT2D eigenvalue weighted by molar-refractivity contribution is 5.74. The van der Waals surface area contributed by atoms with Crippen LogP contribution in [-0.4, -0.2) is 111 Å². The van der Waals surface area contributed by atoms with E-state index in [0.29, 0.717) is 98.2 Å². The monoisotopic (exact) mass is 814 g/mol. The van der Waals surface area contributed by atoms with Crippen molar-refractivity contribution >= 4 is 18.1 Å². The fourth-order valence-electron chi connectivity index (χ4n) is 5.86. The molecule has 0 unspecified atom stereocenters. The smallest absolute Gasteiger partial charge is 0.336 e. The van der Waals surface area contributed by atoms with Crippen molar-refractivity contribution in [3.8, 4) is 0 Å². The number of carbonyl (C=O) groups is 3. The first-order valence-corrected chi connectivity index (χ1v) is 21.5. The number of unbranched alkanes of at least 4 members (excludes halogenated alkanes) is 9. The molecule has 1 rings (SSSR count). The van der Waals surface area contributed by atoms with E-state index in [1.165, 1.54) is 13.7 Å². The lowest BCUT2D eigenvalue weighted by Crippen LogP contribution is -2.54. The summed E-state index contributed by atoms with van der Waals surface area (Å²) in [6.07, 6.45) is 10.9. The lowest BCUT2D eigenvalue weighted by atomic mass is 10.2. The number of hydrogen-bond acceptors (Lipinski definition) is 9. The van der Waals surface area contributed by atoms with Crippen molar-refractivity contribution in [2.75, 3.05) is 78.9 Å². The Labute approximate surface area is 338 Å². The van der Waals surface area contributed by atoms with Crippen LogP contribution in [0, 0.1) is 0 Å². The molecule has 0 aliphatic heterocycles. The van der Waals surface area contributed by atoms with E-state index in [-0.39, 0.29) is 37.7 Å². The molecule has 18 nitrogen and oxygen atoms in total. The number of aromatic nitrogens is 3. The van der Waals surface area contributed by atoms with Crippen LogP contribution >= 0.6 is 0 Å². The number of nitrogens with one attached hydrogen (secondary N) is 6. The van der Waals surface area contributed by atoms with Gasteiger partial charge in [-0.3, -0.25) is 0 Å². The highest BCUT2D eigenvalue weighted by Crippen LogP contribution is 2.03. The molecule has 18 heteroatoms. The molecule has 1 heterocycles. The zero-order chi connectivity index (χ0) is 41.8. The van der Waals surface area contributed by atoms with Crippen LogP contribution in [0.1, 0.15) is 117 Å². The summed E-state index contributed by atoms with van der Waals surface area (Å²) < 4.78 is 19.4. The molecule has 0 aliphatic rings. The van der Waals surface area contributed by atoms with Crippen molar-refractivity contribution in [1.82, 2.24) is 45.6 Å². The molecule has 1 aromatic heterocycles. The van der Waals surface area contributed by atoms with Crippen LogP contribution in [0.3, 0.4) is 0 Å². The molecule has 0 bridgehead atoms. The standard InChI is InChI=1S/C39H75N9O9/c1-4-55-31-19-25-43-34(49)40-22-13-7-10-16-28-46-37(52)47(29-17-11-8-14-23-41-35(50)44-26-20-32-56-5-2)39(54)48(38(46)53)30-18-12-9-15-24-42-36(51)45-27-21-33-57-6-3/h4-33H2,1-3H3,(H2,40,43,49)(H2,41,44,50)(H2,42,45,51). The van der Waals surface area contributed by atoms with E-state index in [9.17, 15) is 28.8 Å². The third-order valence-electron chi connectivity index (χ3n) is 9.03. The van der Waals surface area contributed by atoms with Gasteiger partial charge in [-0.25, -0.2) is 42.5 Å². The normalized spacial score (nSPS) is 11.0. The predicted molar refractivity (Wildman–Crippen MR) is 222 cm³/mol. The number of rotatable bonds is 36. The summed E-state index contributed by atoms with van der Waals surface area (Å²) in [5.41, 5.74) is -1.77. The van der Waals surface area contributed by atoms with Gasteiger partial charge in [-0.15, -0.1) is 0 Å². The lowest BCUT2D eigenvalue weighted by molar-refractivity contribution is 0.145. The summed E-state index contributed by atoms with van der Waals surface area (Å²) in [7, 11) is 0. The molecular formula is C39H75N9O9. The average Bonchev–Trinajstić information content (AvgIpc) is 3.19. The van der Waals surface area contributed by atoms with Gasteiger partial charge in [-0.2, -0.15) is 0 Å². The van der Waals surface area contributed by atoms with Gasteiger partial charge in [0, 0.05) is 98.5 Å². The molecule has 1 aromatic rings. The Morgan fingerprint density at radius 3 is 0.842 bits per heavy atom. The van der Waals surface area contributed by atoms with Crippen LogP contribution in [0.15, 0.2) is 14.4 Å². The molecular weight excluding hydrogens is 738 g/mol. The second-order valence-corrected chi connectivity index (χ2v) is 13.7. The van der Waals surface area contributed by atoms with E-state index >= 15 is 0 Å². The Bertz CT molecular complexity index is 1190. The highest BCUT2D eigenvalue weighted by Gasteiger charge is 2.15. The first-order chi connectivity index (χ1) is 27.8. The summed E-state index contributed by atoms with van der Waals surface area (Å²) in [5, 5.41) is 16.9. The second kappa shape index (κ2) is 35.3. The number of amides is 6. The minimum absolute atomic E-state index is 0.199. The van der Waals surface area contributed by atoms with Crippen molar-refractivity contribution in [2.45, 2.75) is 137 Å². The van der Waals surface area contributed by atoms with Gasteiger partial charge in [0.15, 0.2) is 0 Å². The zero-order valence-electron chi connectivity index (χ0n) is 35.2. The van der Waals surface area contributed by atoms with Crippen molar-refractivity contribution in [3.05, 3.63) is 31.5 Å². The first kappa shape index (κ1) is 51.1. The summed E-state index contributed by atoms with van der Waals surface area (Å²) in [5.74, 6) is 0. The third-order valence-corrected chi connectivity index (χ3v) is 9.03. The fraction of sp³-hybridized carbons (Fsp3) is 0.846. The Morgan fingerprint density at radius 2 is 0.596 bits per heavy atom. The van der Waals surface area contributed by atoms with Gasteiger partial charge in [0.05, 0.1) is 0 Å². The van der Waals surface area contributed by atoms with Crippen LogP contribution in [0.4, 0.5) is 14.4 Å². The van der Waals surface area contributed by atoms with Crippen LogP contribution < -0.4 is 49.0 Å². The van der Waals surface area contributed by atoms with Crippen molar-refractivity contribution in [1.29, 1.82) is 0 Å². The molecule has 57 heavy (non-hydrogen) atoms. The van der Waals surface area contributed by atoms with Gasteiger partial charge in [-0.05, 0) is 78.6 Å². The molecule has 0 radical (unpaired) electrons. The van der Waals surface area contributed by atoms with E-state index in [0.717, 1.165) is 77.0 Å². The van der Waals surface area contributed by atoms with Gasteiger partial charge >= 0.3 is 35.2 Å². The van der Waals surface area contributed by atoms with Crippen LogP contribution in [-0.2, 0) is 33.8 Å². The maximum atomic E-state index is 13.5. The minimum atomic E-state index is -0.589. The van der Waals surface area contributed by atoms with Gasteiger partial charge in [0.1, 0.15) is 0 Å². The molecule has 6 amide bonds. The van der Waals surface area contributed by atoms with E-state index in [2.05, 4.69) is 31.9 Å². The summed E-state index contributed by atoms with van der Waals surface area (Å²) in [6, 6.07) is -0.643. The van der Waals surface area contributed by atoms with Crippen LogP contribution in [0.25, 0.3) is 0 Å². The molecule has 0 aliphatic carbocycles. The average molecular weight is 814 g/mol. The largest absolute Gasteiger partial charge is 0.382 e. The molecule has 330 valence electrons. The lowest BCUT2D eigenvalue weighted by Gasteiger charge is -2.14. The van der Waals surface area contributed by atoms with Gasteiger partial charge in [0.2, 0.25) is 0 Å². The SMILES string of the molecule is CCOCCCNC(=O)NCCCCCCn1c(=O)n(CCCCCCNC(=O)NCCCOCC)c(=O)n(CCCCCCNC(=O)NCCCOCC)c1=O. The van der Waals surface area contributed by atoms with E-state index in [1.54, 1.807) is 0 Å². The molecule has 0 spiro atoms. The number of nitrogens with zero attached hydrogens (tertiary/aromatic N) is 3. The second-order valence-electron chi connectivity index (χ2n) is 13.7. The van der Waals surface area contributed by atoms with Crippen LogP contribution in [0.2, 0.25) is 0 Å². The maximum Gasteiger partial charge on any atom is 0.336 e. The predicted octanol–water partition coefficient (Wildman–Crippen LogP) is 3.03. The van der Waals surface area contributed by atoms with Gasteiger partial charge in [-0.1, -0.05) is 38.5 Å². The number of urea groups is 3. The van der Waals surface area contributed by atoms with Crippen molar-refractivity contribution in [2.24, 2.45) is 0 Å². The topological polar surface area (TPSA) is 217 Å². The minimum Gasteiger partial charge on any atom is -0.382 e. The molecule has 0 saturated heterocycles. The third kappa shape index (κ3) is 25.9. The van der Waals surface area contributed by atoms with Gasteiger partial charge in [0.25, 0.3) is 0 Å². The Balaban J connectivity index is 2.65. The number of hydrogen-bond donors (Lipinski definition) is 6. The van der Waals surface area contributed by atoms with Crippen molar-refractivity contribution in [3.63, 3.8) is 0 Å². The van der Waals surface area contributed by atoms with E-state index in [4.69, 9.17) is 14.2 Å². The number of ether oxygens (including phenoxy) is 3. The Hall–Kier alpha value is -3.90. The fourth-order valence-corrected chi connectivity index (χ4v) is 5.86. The Kier molecular flexibility index (Phi) is 31.6. The summed E-state index contributed by atoms with van der Waals surface area (Å²) in [4.78, 5) is 76.3. The van der Waals surface area contributed by atoms with E-state index < -0.39 is 17.1 Å². The molecule has 0 saturated carbocycles. The van der Waals surface area contributed by atoms with E-state index in [1.807, 2.05) is 20.8 Å². The maximum absolute atomic E-state index is 13.5. The zero-order valence-corrected chi connectivity index (χ0v) is 35.2. The molecule has 6 N–H and O–H groups in total. The quantitative estimate of drug-likeness (QED) is 0.0549. The molecule has 0 aromatic carbocycles. The first-order valence-electron chi connectivity index (χ1n) is 21.5. The number of carbonyl (C=O) groups excluding carboxylic acids is 3. The highest BCUT2D eigenvalue weighted by atomic mass is 16.5. The summed E-state index contributed by atoms with van der Waals surface area (Å²) >= 11 is 0. The Morgan fingerprint density at radius 1 is 0.368 bits per heavy atom.